The molecule has 5 heteroatoms. The highest BCUT2D eigenvalue weighted by molar-refractivity contribution is 8.00. The SMILES string of the molecule is CNCC(C)C(C)CCSC(F)(F)F. The van der Waals surface area contributed by atoms with Crippen LogP contribution in [0.1, 0.15) is 20.3 Å². The van der Waals surface area contributed by atoms with Crippen LogP contribution in [0.5, 0.6) is 0 Å². The molecule has 0 aliphatic carbocycles. The normalized spacial score (nSPS) is 16.7. The van der Waals surface area contributed by atoms with Crippen LogP contribution in [0.4, 0.5) is 13.2 Å². The van der Waals surface area contributed by atoms with Crippen molar-refractivity contribution in [2.75, 3.05) is 19.3 Å². The molecule has 0 bridgehead atoms. The number of halogens is 3. The molecule has 2 atom stereocenters. The molecule has 0 aromatic carbocycles. The Morgan fingerprint density at radius 1 is 1.21 bits per heavy atom. The van der Waals surface area contributed by atoms with Crippen molar-refractivity contribution in [1.82, 2.24) is 5.32 Å². The molecular formula is C9H18F3NS. The van der Waals surface area contributed by atoms with Crippen molar-refractivity contribution in [3.63, 3.8) is 0 Å². The molecule has 0 amide bonds. The number of nitrogens with one attached hydrogen (secondary N) is 1. The Kier molecular flexibility index (Phi) is 6.61. The molecule has 0 aliphatic heterocycles. The Hall–Kier alpha value is 0.100. The third-order valence-electron chi connectivity index (χ3n) is 2.34. The molecule has 0 spiro atoms. The smallest absolute Gasteiger partial charge is 0.319 e. The third kappa shape index (κ3) is 7.50. The van der Waals surface area contributed by atoms with Crippen LogP contribution in [-0.2, 0) is 0 Å². The molecule has 1 nitrogen and oxygen atoms in total. The first-order valence-corrected chi connectivity index (χ1v) is 5.70. The van der Waals surface area contributed by atoms with Gasteiger partial charge in [0.1, 0.15) is 0 Å². The van der Waals surface area contributed by atoms with Crippen LogP contribution in [0.15, 0.2) is 0 Å². The molecule has 86 valence electrons. The first-order chi connectivity index (χ1) is 6.37. The van der Waals surface area contributed by atoms with Gasteiger partial charge in [0.15, 0.2) is 0 Å². The zero-order chi connectivity index (χ0) is 11.2. The maximum atomic E-state index is 11.8. The van der Waals surface area contributed by atoms with Crippen LogP contribution in [-0.4, -0.2) is 24.9 Å². The summed E-state index contributed by atoms with van der Waals surface area (Å²) in [4.78, 5) is 0. The molecule has 0 rings (SSSR count). The van der Waals surface area contributed by atoms with Gasteiger partial charge in [0.05, 0.1) is 0 Å². The number of hydrogen-bond acceptors (Lipinski definition) is 2. The predicted octanol–water partition coefficient (Wildman–Crippen LogP) is 3.12. The van der Waals surface area contributed by atoms with Crippen LogP contribution >= 0.6 is 11.8 Å². The molecule has 14 heavy (non-hydrogen) atoms. The molecular weight excluding hydrogens is 211 g/mol. The first-order valence-electron chi connectivity index (χ1n) is 4.72. The summed E-state index contributed by atoms with van der Waals surface area (Å²) in [5.41, 5.74) is -4.08. The van der Waals surface area contributed by atoms with Crippen molar-refractivity contribution in [3.05, 3.63) is 0 Å². The van der Waals surface area contributed by atoms with Gasteiger partial charge >= 0.3 is 5.51 Å². The lowest BCUT2D eigenvalue weighted by molar-refractivity contribution is -0.0328. The van der Waals surface area contributed by atoms with Crippen LogP contribution in [0.3, 0.4) is 0 Å². The Morgan fingerprint density at radius 3 is 2.21 bits per heavy atom. The summed E-state index contributed by atoms with van der Waals surface area (Å²) in [5, 5.41) is 3.03. The van der Waals surface area contributed by atoms with E-state index in [4.69, 9.17) is 0 Å². The fourth-order valence-electron chi connectivity index (χ4n) is 1.17. The highest BCUT2D eigenvalue weighted by atomic mass is 32.2. The fraction of sp³-hybridized carbons (Fsp3) is 1.00. The monoisotopic (exact) mass is 229 g/mol. The van der Waals surface area contributed by atoms with Gasteiger partial charge in [-0.05, 0) is 31.8 Å². The maximum Gasteiger partial charge on any atom is 0.441 e. The second-order valence-electron chi connectivity index (χ2n) is 3.60. The number of hydrogen-bond donors (Lipinski definition) is 1. The largest absolute Gasteiger partial charge is 0.441 e. The lowest BCUT2D eigenvalue weighted by Gasteiger charge is -2.19. The van der Waals surface area contributed by atoms with Gasteiger partial charge in [-0.15, -0.1) is 0 Å². The van der Waals surface area contributed by atoms with E-state index < -0.39 is 5.51 Å². The first kappa shape index (κ1) is 14.1. The molecule has 1 N–H and O–H groups in total. The van der Waals surface area contributed by atoms with E-state index in [9.17, 15) is 13.2 Å². The van der Waals surface area contributed by atoms with E-state index in [1.807, 2.05) is 14.0 Å². The zero-order valence-corrected chi connectivity index (χ0v) is 9.63. The molecule has 0 saturated carbocycles. The minimum atomic E-state index is -4.08. The summed E-state index contributed by atoms with van der Waals surface area (Å²) >= 11 is 0.0770. The van der Waals surface area contributed by atoms with E-state index in [-0.39, 0.29) is 17.5 Å². The van der Waals surface area contributed by atoms with Gasteiger partial charge < -0.3 is 5.32 Å². The second kappa shape index (κ2) is 6.56. The molecule has 0 saturated heterocycles. The van der Waals surface area contributed by atoms with Gasteiger partial charge in [-0.1, -0.05) is 25.6 Å². The van der Waals surface area contributed by atoms with E-state index in [0.717, 1.165) is 6.54 Å². The van der Waals surface area contributed by atoms with Gasteiger partial charge in [-0.2, -0.15) is 13.2 Å². The van der Waals surface area contributed by atoms with Crippen LogP contribution in [0.2, 0.25) is 0 Å². The summed E-state index contributed by atoms with van der Waals surface area (Å²) in [5.74, 6) is 0.921. The standard InChI is InChI=1S/C9H18F3NS/c1-7(8(2)6-13-3)4-5-14-9(10,11)12/h7-8,13H,4-6H2,1-3H3. The Balaban J connectivity index is 3.58. The molecule has 0 fully saturated rings. The summed E-state index contributed by atoms with van der Waals surface area (Å²) in [6.07, 6.45) is 0.618. The van der Waals surface area contributed by atoms with Gasteiger partial charge in [-0.25, -0.2) is 0 Å². The van der Waals surface area contributed by atoms with Crippen LogP contribution in [0, 0.1) is 11.8 Å². The summed E-state index contributed by atoms with van der Waals surface area (Å²) in [7, 11) is 1.85. The van der Waals surface area contributed by atoms with Crippen LogP contribution < -0.4 is 5.32 Å². The average Bonchev–Trinajstić information content (AvgIpc) is 2.02. The van der Waals surface area contributed by atoms with E-state index in [1.54, 1.807) is 0 Å². The molecule has 0 heterocycles. The van der Waals surface area contributed by atoms with Crippen molar-refractivity contribution < 1.29 is 13.2 Å². The van der Waals surface area contributed by atoms with E-state index in [2.05, 4.69) is 12.2 Å². The van der Waals surface area contributed by atoms with Crippen molar-refractivity contribution in [2.45, 2.75) is 25.8 Å². The average molecular weight is 229 g/mol. The molecule has 2 unspecified atom stereocenters. The highest BCUT2D eigenvalue weighted by Crippen LogP contribution is 2.31. The van der Waals surface area contributed by atoms with Gasteiger partial charge in [0.2, 0.25) is 0 Å². The lowest BCUT2D eigenvalue weighted by atomic mass is 9.94. The van der Waals surface area contributed by atoms with Gasteiger partial charge in [0.25, 0.3) is 0 Å². The minimum absolute atomic E-state index is 0.0770. The topological polar surface area (TPSA) is 12.0 Å². The van der Waals surface area contributed by atoms with E-state index in [0.29, 0.717) is 18.3 Å². The molecule has 0 aliphatic rings. The Bertz CT molecular complexity index is 149. The summed E-state index contributed by atoms with van der Waals surface area (Å²) in [6, 6.07) is 0. The summed E-state index contributed by atoms with van der Waals surface area (Å²) < 4.78 is 35.4. The lowest BCUT2D eigenvalue weighted by Crippen LogP contribution is -2.22. The zero-order valence-electron chi connectivity index (χ0n) is 8.82. The Morgan fingerprint density at radius 2 is 1.79 bits per heavy atom. The highest BCUT2D eigenvalue weighted by Gasteiger charge is 2.28. The van der Waals surface area contributed by atoms with E-state index in [1.165, 1.54) is 0 Å². The summed E-state index contributed by atoms with van der Waals surface area (Å²) in [6.45, 7) is 4.91. The quantitative estimate of drug-likeness (QED) is 0.751. The third-order valence-corrected chi connectivity index (χ3v) is 3.10. The fourth-order valence-corrected chi connectivity index (χ4v) is 1.89. The number of alkyl halides is 3. The van der Waals surface area contributed by atoms with Crippen molar-refractivity contribution in [2.24, 2.45) is 11.8 Å². The number of thioether (sulfide) groups is 1. The Labute approximate surface area is 87.8 Å². The van der Waals surface area contributed by atoms with Gasteiger partial charge in [0, 0.05) is 5.75 Å². The second-order valence-corrected chi connectivity index (χ2v) is 4.75. The predicted molar refractivity (Wildman–Crippen MR) is 55.4 cm³/mol. The van der Waals surface area contributed by atoms with Crippen molar-refractivity contribution >= 4 is 11.8 Å². The molecule has 0 aromatic heterocycles. The maximum absolute atomic E-state index is 11.8. The minimum Gasteiger partial charge on any atom is -0.319 e. The van der Waals surface area contributed by atoms with Crippen molar-refractivity contribution in [1.29, 1.82) is 0 Å². The molecule has 0 radical (unpaired) electrons. The van der Waals surface area contributed by atoms with E-state index >= 15 is 0 Å². The number of rotatable bonds is 6. The molecule has 0 aromatic rings. The van der Waals surface area contributed by atoms with Crippen LogP contribution in [0.25, 0.3) is 0 Å². The van der Waals surface area contributed by atoms with Crippen molar-refractivity contribution in [3.8, 4) is 0 Å². The van der Waals surface area contributed by atoms with Gasteiger partial charge in [-0.3, -0.25) is 0 Å².